The maximum absolute atomic E-state index is 11.9. The minimum Gasteiger partial charge on any atom is -0.495 e. The Morgan fingerprint density at radius 1 is 1.42 bits per heavy atom. The zero-order chi connectivity index (χ0) is 18.5. The largest absolute Gasteiger partial charge is 0.495 e. The third-order valence-corrected chi connectivity index (χ3v) is 4.70. The number of anilines is 3. The minimum absolute atomic E-state index is 0.169. The molecule has 9 heteroatoms. The van der Waals surface area contributed by atoms with Crippen LogP contribution in [0.2, 0.25) is 5.02 Å². The van der Waals surface area contributed by atoms with Crippen LogP contribution < -0.4 is 26.4 Å². The molecule has 1 saturated heterocycles. The molecule has 0 bridgehead atoms. The Labute approximate surface area is 156 Å². The number of H-pyrrole nitrogens is 1. The molecule has 0 saturated carbocycles. The highest BCUT2D eigenvalue weighted by molar-refractivity contribution is 6.32. The lowest BCUT2D eigenvalue weighted by Crippen LogP contribution is -2.40. The van der Waals surface area contributed by atoms with E-state index in [0.717, 1.165) is 25.8 Å². The molecule has 4 N–H and O–H groups in total. The quantitative estimate of drug-likeness (QED) is 0.586. The van der Waals surface area contributed by atoms with Crippen molar-refractivity contribution in [1.82, 2.24) is 20.3 Å². The maximum atomic E-state index is 11.9. The monoisotopic (exact) mass is 378 g/mol. The number of hydrogen-bond donors (Lipinski definition) is 4. The molecule has 2 atom stereocenters. The van der Waals surface area contributed by atoms with E-state index in [1.54, 1.807) is 25.3 Å². The van der Waals surface area contributed by atoms with Gasteiger partial charge in [-0.25, -0.2) is 4.79 Å². The number of benzene rings is 1. The summed E-state index contributed by atoms with van der Waals surface area (Å²) < 4.78 is 5.13. The second-order valence-corrected chi connectivity index (χ2v) is 6.57. The van der Waals surface area contributed by atoms with Crippen molar-refractivity contribution in [2.75, 3.05) is 24.3 Å². The minimum atomic E-state index is -0.473. The van der Waals surface area contributed by atoms with Crippen LogP contribution in [0.15, 0.2) is 23.0 Å². The molecule has 2 aromatic rings. The van der Waals surface area contributed by atoms with Gasteiger partial charge in [-0.15, -0.1) is 0 Å². The second-order valence-electron chi connectivity index (χ2n) is 6.16. The van der Waals surface area contributed by atoms with E-state index in [1.165, 1.54) is 0 Å². The molecule has 0 amide bonds. The van der Waals surface area contributed by atoms with Crippen molar-refractivity contribution in [3.63, 3.8) is 0 Å². The number of nitrogens with one attached hydrogen (secondary N) is 4. The van der Waals surface area contributed by atoms with Gasteiger partial charge in [0.25, 0.3) is 0 Å². The van der Waals surface area contributed by atoms with Crippen LogP contribution in [0.5, 0.6) is 5.75 Å². The molecule has 8 nitrogen and oxygen atoms in total. The predicted molar refractivity (Wildman–Crippen MR) is 103 cm³/mol. The van der Waals surface area contributed by atoms with Crippen molar-refractivity contribution in [1.29, 1.82) is 0 Å². The molecule has 0 radical (unpaired) electrons. The van der Waals surface area contributed by atoms with E-state index in [0.29, 0.717) is 34.4 Å². The number of rotatable bonds is 7. The highest BCUT2D eigenvalue weighted by Gasteiger charge is 2.23. The Kier molecular flexibility index (Phi) is 5.95. The smallest absolute Gasteiger partial charge is 0.351 e. The Bertz CT molecular complexity index is 806. The third-order valence-electron chi connectivity index (χ3n) is 4.40. The Hall–Kier alpha value is -2.32. The summed E-state index contributed by atoms with van der Waals surface area (Å²) in [5.74, 6) is 1.17. The fourth-order valence-electron chi connectivity index (χ4n) is 3.10. The number of ether oxygens (including phenoxy) is 1. The van der Waals surface area contributed by atoms with E-state index in [2.05, 4.69) is 37.8 Å². The molecule has 3 rings (SSSR count). The zero-order valence-corrected chi connectivity index (χ0v) is 15.6. The van der Waals surface area contributed by atoms with Crippen molar-refractivity contribution in [2.24, 2.45) is 0 Å². The van der Waals surface area contributed by atoms with Crippen molar-refractivity contribution in [3.8, 4) is 5.75 Å². The molecule has 140 valence electrons. The summed E-state index contributed by atoms with van der Waals surface area (Å²) in [6, 6.07) is 5.75. The van der Waals surface area contributed by atoms with Gasteiger partial charge in [0, 0.05) is 17.8 Å². The summed E-state index contributed by atoms with van der Waals surface area (Å²) in [5.41, 5.74) is 0.208. The van der Waals surface area contributed by atoms with Gasteiger partial charge in [-0.3, -0.25) is 4.98 Å². The standard InChI is InChI=1S/C17H23ClN6O2/c1-3-12(13-5-4-8-19-13)21-16-22-15(23-17(25)24-16)20-10-6-7-14(26-2)11(18)9-10/h6-7,9,12-13,19H,3-5,8H2,1-2H3,(H3,20,21,22,23,24,25). The average Bonchev–Trinajstić information content (AvgIpc) is 3.14. The topological polar surface area (TPSA) is 104 Å². The van der Waals surface area contributed by atoms with Crippen LogP contribution in [0.25, 0.3) is 0 Å². The molecular formula is C17H23ClN6O2. The molecule has 1 aliphatic rings. The van der Waals surface area contributed by atoms with Crippen LogP contribution in [0.1, 0.15) is 26.2 Å². The average molecular weight is 379 g/mol. The first-order valence-corrected chi connectivity index (χ1v) is 9.05. The lowest BCUT2D eigenvalue weighted by atomic mass is 10.0. The molecule has 1 aromatic carbocycles. The molecule has 0 spiro atoms. The number of methoxy groups -OCH3 is 1. The lowest BCUT2D eigenvalue weighted by molar-refractivity contribution is 0.415. The van der Waals surface area contributed by atoms with Crippen LogP contribution in [0.3, 0.4) is 0 Å². The first-order valence-electron chi connectivity index (χ1n) is 8.68. The van der Waals surface area contributed by atoms with Crippen molar-refractivity contribution in [2.45, 2.75) is 38.3 Å². The first kappa shape index (κ1) is 18.5. The summed E-state index contributed by atoms with van der Waals surface area (Å²) in [4.78, 5) is 22.8. The van der Waals surface area contributed by atoms with Gasteiger partial charge in [-0.1, -0.05) is 18.5 Å². The fraction of sp³-hybridized carbons (Fsp3) is 0.471. The highest BCUT2D eigenvalue weighted by atomic mass is 35.5. The normalized spacial score (nSPS) is 17.7. The van der Waals surface area contributed by atoms with Crippen molar-refractivity contribution < 1.29 is 4.74 Å². The molecule has 0 aliphatic carbocycles. The van der Waals surface area contributed by atoms with E-state index in [9.17, 15) is 4.79 Å². The summed E-state index contributed by atoms with van der Waals surface area (Å²) in [6.07, 6.45) is 3.17. The van der Waals surface area contributed by atoms with Gasteiger partial charge in [0.2, 0.25) is 11.9 Å². The third kappa shape index (κ3) is 4.44. The van der Waals surface area contributed by atoms with Crippen molar-refractivity contribution >= 4 is 29.2 Å². The SMILES string of the molecule is CCC(Nc1nc(Nc2ccc(OC)c(Cl)c2)[nH]c(=O)n1)C1CCCN1. The van der Waals surface area contributed by atoms with E-state index < -0.39 is 5.69 Å². The number of aromatic nitrogens is 3. The summed E-state index contributed by atoms with van der Waals surface area (Å²) in [6.45, 7) is 3.12. The van der Waals surface area contributed by atoms with Gasteiger partial charge in [0.05, 0.1) is 12.1 Å². The number of nitrogens with zero attached hydrogens (tertiary/aromatic N) is 2. The number of aromatic amines is 1. The molecule has 1 aliphatic heterocycles. The summed E-state index contributed by atoms with van der Waals surface area (Å²) in [7, 11) is 1.55. The molecule has 1 fully saturated rings. The van der Waals surface area contributed by atoms with Crippen LogP contribution in [0.4, 0.5) is 17.6 Å². The lowest BCUT2D eigenvalue weighted by Gasteiger charge is -2.23. The fourth-order valence-corrected chi connectivity index (χ4v) is 3.35. The Balaban J connectivity index is 1.76. The van der Waals surface area contributed by atoms with Crippen LogP contribution in [-0.2, 0) is 0 Å². The van der Waals surface area contributed by atoms with Crippen LogP contribution in [-0.4, -0.2) is 40.7 Å². The Morgan fingerprint density at radius 2 is 2.27 bits per heavy atom. The van der Waals surface area contributed by atoms with Crippen LogP contribution >= 0.6 is 11.6 Å². The molecule has 1 aromatic heterocycles. The molecule has 2 heterocycles. The molecular weight excluding hydrogens is 356 g/mol. The summed E-state index contributed by atoms with van der Waals surface area (Å²) in [5, 5.41) is 10.2. The van der Waals surface area contributed by atoms with Crippen molar-refractivity contribution in [3.05, 3.63) is 33.7 Å². The van der Waals surface area contributed by atoms with E-state index in [4.69, 9.17) is 16.3 Å². The van der Waals surface area contributed by atoms with Gasteiger partial charge in [0.15, 0.2) is 0 Å². The van der Waals surface area contributed by atoms with Gasteiger partial charge >= 0.3 is 5.69 Å². The number of halogens is 1. The maximum Gasteiger partial charge on any atom is 0.351 e. The predicted octanol–water partition coefficient (Wildman–Crippen LogP) is 2.51. The first-order chi connectivity index (χ1) is 12.6. The van der Waals surface area contributed by atoms with E-state index in [-0.39, 0.29) is 6.04 Å². The molecule has 26 heavy (non-hydrogen) atoms. The summed E-state index contributed by atoms with van der Waals surface area (Å²) >= 11 is 6.13. The van der Waals surface area contributed by atoms with E-state index >= 15 is 0 Å². The number of hydrogen-bond acceptors (Lipinski definition) is 7. The highest BCUT2D eigenvalue weighted by Crippen LogP contribution is 2.28. The van der Waals surface area contributed by atoms with Gasteiger partial charge in [-0.05, 0) is 44.0 Å². The van der Waals surface area contributed by atoms with E-state index in [1.807, 2.05) is 0 Å². The Morgan fingerprint density at radius 3 is 2.92 bits per heavy atom. The van der Waals surface area contributed by atoms with Gasteiger partial charge < -0.3 is 20.7 Å². The van der Waals surface area contributed by atoms with Gasteiger partial charge in [-0.2, -0.15) is 9.97 Å². The van der Waals surface area contributed by atoms with Gasteiger partial charge in [0.1, 0.15) is 5.75 Å². The zero-order valence-electron chi connectivity index (χ0n) is 14.8. The second kappa shape index (κ2) is 8.37. The van der Waals surface area contributed by atoms with Crippen LogP contribution in [0, 0.1) is 0 Å². The molecule has 2 unspecified atom stereocenters.